The van der Waals surface area contributed by atoms with Gasteiger partial charge in [0.2, 0.25) is 0 Å². The van der Waals surface area contributed by atoms with Crippen LogP contribution in [0.1, 0.15) is 32.4 Å². The van der Waals surface area contributed by atoms with Gasteiger partial charge < -0.3 is 10.1 Å². The van der Waals surface area contributed by atoms with Crippen LogP contribution >= 0.6 is 11.8 Å². The number of nitrogens with one attached hydrogen (secondary N) is 1. The topological polar surface area (TPSA) is 83.0 Å². The molecule has 0 aliphatic heterocycles. The largest absolute Gasteiger partial charge is 0.480 e. The van der Waals surface area contributed by atoms with Crippen LogP contribution in [-0.2, 0) is 11.2 Å². The van der Waals surface area contributed by atoms with Gasteiger partial charge in [-0.15, -0.1) is 0 Å². The predicted molar refractivity (Wildman–Crippen MR) is 66.4 cm³/mol. The minimum absolute atomic E-state index is 0.230. The van der Waals surface area contributed by atoms with Gasteiger partial charge >= 0.3 is 5.97 Å². The first-order valence-corrected chi connectivity index (χ1v) is 6.40. The maximum Gasteiger partial charge on any atom is 0.316 e. The van der Waals surface area contributed by atoms with Gasteiger partial charge in [0.25, 0.3) is 5.56 Å². The Morgan fingerprint density at radius 3 is 2.94 bits per heavy atom. The number of H-pyrrole nitrogens is 1. The van der Waals surface area contributed by atoms with Crippen LogP contribution in [0.3, 0.4) is 0 Å². The van der Waals surface area contributed by atoms with E-state index in [9.17, 15) is 9.59 Å². The summed E-state index contributed by atoms with van der Waals surface area (Å²) in [6.07, 6.45) is 2.74. The Kier molecular flexibility index (Phi) is 5.21. The molecule has 0 aliphatic carbocycles. The highest BCUT2D eigenvalue weighted by Crippen LogP contribution is 2.18. The predicted octanol–water partition coefficient (Wildman–Crippen LogP) is 1.68. The second-order valence-corrected chi connectivity index (χ2v) is 5.07. The minimum atomic E-state index is -0.920. The molecule has 1 heterocycles. The fourth-order valence-electron chi connectivity index (χ4n) is 1.24. The summed E-state index contributed by atoms with van der Waals surface area (Å²) in [7, 11) is 0. The second-order valence-electron chi connectivity index (χ2n) is 3.74. The van der Waals surface area contributed by atoms with Crippen LogP contribution in [0.2, 0.25) is 0 Å². The molecular weight excluding hydrogens is 240 g/mol. The van der Waals surface area contributed by atoms with Gasteiger partial charge in [0, 0.05) is 11.8 Å². The Balaban J connectivity index is 2.82. The number of aromatic amines is 1. The molecule has 1 aromatic rings. The Hall–Kier alpha value is -1.30. The van der Waals surface area contributed by atoms with E-state index in [1.807, 2.05) is 0 Å². The lowest BCUT2D eigenvalue weighted by atomic mass is 10.2. The lowest BCUT2D eigenvalue weighted by Gasteiger charge is -2.06. The average molecular weight is 256 g/mol. The normalized spacial score (nSPS) is 12.4. The van der Waals surface area contributed by atoms with Crippen molar-refractivity contribution in [1.29, 1.82) is 0 Å². The number of hydrogen-bond donors (Lipinski definition) is 2. The molecular formula is C11H16N2O3S. The highest BCUT2D eigenvalue weighted by molar-refractivity contribution is 8.00. The van der Waals surface area contributed by atoms with E-state index in [1.165, 1.54) is 6.07 Å². The van der Waals surface area contributed by atoms with Crippen LogP contribution in [0.4, 0.5) is 0 Å². The van der Waals surface area contributed by atoms with Crippen molar-refractivity contribution in [2.24, 2.45) is 0 Å². The molecule has 0 radical (unpaired) electrons. The first kappa shape index (κ1) is 13.8. The molecule has 0 saturated carbocycles. The molecule has 5 nitrogen and oxygen atoms in total. The third-order valence-corrected chi connectivity index (χ3v) is 3.17. The number of hydrogen-bond acceptors (Lipinski definition) is 4. The van der Waals surface area contributed by atoms with Gasteiger partial charge in [-0.1, -0.05) is 25.1 Å². The Labute approximate surface area is 104 Å². The van der Waals surface area contributed by atoms with E-state index in [0.29, 0.717) is 5.16 Å². The number of carboxylic acids is 1. The van der Waals surface area contributed by atoms with Gasteiger partial charge in [0.15, 0.2) is 5.16 Å². The zero-order valence-corrected chi connectivity index (χ0v) is 10.7. The number of carbonyl (C=O) groups is 1. The summed E-state index contributed by atoms with van der Waals surface area (Å²) in [5.74, 6) is -0.920. The molecule has 94 valence electrons. The molecule has 0 amide bonds. The number of aliphatic carboxylic acids is 1. The van der Waals surface area contributed by atoms with Gasteiger partial charge in [-0.25, -0.2) is 4.98 Å². The summed E-state index contributed by atoms with van der Waals surface area (Å²) >= 11 is 1.05. The first-order chi connectivity index (χ1) is 8.02. The molecule has 1 atom stereocenters. The molecule has 1 unspecified atom stereocenters. The van der Waals surface area contributed by atoms with E-state index >= 15 is 0 Å². The van der Waals surface area contributed by atoms with Crippen LogP contribution in [0.15, 0.2) is 16.0 Å². The van der Waals surface area contributed by atoms with Crippen molar-refractivity contribution in [1.82, 2.24) is 9.97 Å². The van der Waals surface area contributed by atoms with Crippen LogP contribution in [-0.4, -0.2) is 26.3 Å². The molecule has 6 heteroatoms. The molecule has 1 aromatic heterocycles. The Morgan fingerprint density at radius 2 is 2.35 bits per heavy atom. The quantitative estimate of drug-likeness (QED) is 0.597. The number of aryl methyl sites for hydroxylation is 1. The lowest BCUT2D eigenvalue weighted by Crippen LogP contribution is -2.15. The molecule has 1 rings (SSSR count). The van der Waals surface area contributed by atoms with Crippen molar-refractivity contribution in [3.63, 3.8) is 0 Å². The number of aromatic nitrogens is 2. The molecule has 0 spiro atoms. The van der Waals surface area contributed by atoms with E-state index in [2.05, 4.69) is 16.9 Å². The van der Waals surface area contributed by atoms with E-state index < -0.39 is 11.2 Å². The van der Waals surface area contributed by atoms with Gasteiger partial charge in [-0.3, -0.25) is 9.59 Å². The van der Waals surface area contributed by atoms with Crippen LogP contribution in [0.5, 0.6) is 0 Å². The molecule has 0 aromatic carbocycles. The summed E-state index contributed by atoms with van der Waals surface area (Å²) in [6, 6.07) is 1.46. The fourth-order valence-corrected chi connectivity index (χ4v) is 2.01. The average Bonchev–Trinajstić information content (AvgIpc) is 2.25. The third-order valence-electron chi connectivity index (χ3n) is 2.20. The van der Waals surface area contributed by atoms with Crippen molar-refractivity contribution in [3.8, 4) is 0 Å². The standard InChI is InChI=1S/C11H16N2O3S/c1-3-4-5-8-6-9(14)13-11(12-8)17-7(2)10(15)16/h6-7H,3-5H2,1-2H3,(H,15,16)(H,12,13,14). The molecule has 17 heavy (non-hydrogen) atoms. The third kappa shape index (κ3) is 4.60. The van der Waals surface area contributed by atoms with Crippen molar-refractivity contribution >= 4 is 17.7 Å². The highest BCUT2D eigenvalue weighted by atomic mass is 32.2. The second kappa shape index (κ2) is 6.44. The lowest BCUT2D eigenvalue weighted by molar-refractivity contribution is -0.136. The van der Waals surface area contributed by atoms with Gasteiger partial charge in [-0.05, 0) is 19.8 Å². The van der Waals surface area contributed by atoms with Crippen molar-refractivity contribution in [3.05, 3.63) is 22.1 Å². The van der Waals surface area contributed by atoms with Gasteiger partial charge in [0.05, 0.1) is 0 Å². The first-order valence-electron chi connectivity index (χ1n) is 5.52. The number of rotatable bonds is 6. The summed E-state index contributed by atoms with van der Waals surface area (Å²) < 4.78 is 0. The summed E-state index contributed by atoms with van der Waals surface area (Å²) in [5, 5.41) is 8.53. The van der Waals surface area contributed by atoms with E-state index in [4.69, 9.17) is 5.11 Å². The Bertz CT molecular complexity index is 445. The van der Waals surface area contributed by atoms with Crippen LogP contribution < -0.4 is 5.56 Å². The van der Waals surface area contributed by atoms with E-state index in [1.54, 1.807) is 6.92 Å². The van der Waals surface area contributed by atoms with E-state index in [-0.39, 0.29) is 5.56 Å². The molecule has 0 saturated heterocycles. The van der Waals surface area contributed by atoms with Crippen molar-refractivity contribution < 1.29 is 9.90 Å². The Morgan fingerprint density at radius 1 is 1.65 bits per heavy atom. The van der Waals surface area contributed by atoms with Gasteiger partial charge in [0.1, 0.15) is 5.25 Å². The number of thioether (sulfide) groups is 1. The molecule has 0 bridgehead atoms. The molecule has 2 N–H and O–H groups in total. The molecule has 0 fully saturated rings. The van der Waals surface area contributed by atoms with E-state index in [0.717, 1.165) is 36.7 Å². The summed E-state index contributed by atoms with van der Waals surface area (Å²) in [4.78, 5) is 28.9. The minimum Gasteiger partial charge on any atom is -0.480 e. The highest BCUT2D eigenvalue weighted by Gasteiger charge is 2.14. The zero-order chi connectivity index (χ0) is 12.8. The number of nitrogens with zero attached hydrogens (tertiary/aromatic N) is 1. The molecule has 0 aliphatic rings. The smallest absolute Gasteiger partial charge is 0.316 e. The monoisotopic (exact) mass is 256 g/mol. The van der Waals surface area contributed by atoms with Gasteiger partial charge in [-0.2, -0.15) is 0 Å². The fraction of sp³-hybridized carbons (Fsp3) is 0.545. The summed E-state index contributed by atoms with van der Waals surface area (Å²) in [5.41, 5.74) is 0.488. The van der Waals surface area contributed by atoms with Crippen molar-refractivity contribution in [2.75, 3.05) is 0 Å². The van der Waals surface area contributed by atoms with Crippen LogP contribution in [0.25, 0.3) is 0 Å². The van der Waals surface area contributed by atoms with Crippen LogP contribution in [0, 0.1) is 0 Å². The zero-order valence-electron chi connectivity index (χ0n) is 9.90. The number of carboxylic acid groups (broad SMARTS) is 1. The summed E-state index contributed by atoms with van der Waals surface area (Å²) in [6.45, 7) is 3.63. The maximum atomic E-state index is 11.4. The SMILES string of the molecule is CCCCc1cc(=O)[nH]c(SC(C)C(=O)O)n1. The number of unbranched alkanes of at least 4 members (excludes halogenated alkanes) is 1. The van der Waals surface area contributed by atoms with Crippen molar-refractivity contribution in [2.45, 2.75) is 43.5 Å². The maximum absolute atomic E-state index is 11.4.